The molecule has 1 fully saturated rings. The molecule has 3 heterocycles. The summed E-state index contributed by atoms with van der Waals surface area (Å²) in [6.07, 6.45) is 1.99. The number of amides is 6. The number of hydrogen-bond acceptors (Lipinski definition) is 9. The maximum atomic E-state index is 13.1. The maximum absolute atomic E-state index is 13.1. The third-order valence-electron chi connectivity index (χ3n) is 9.91. The van der Waals surface area contributed by atoms with Crippen molar-refractivity contribution in [3.63, 3.8) is 0 Å². The molecule has 1 atom stereocenters. The van der Waals surface area contributed by atoms with Crippen molar-refractivity contribution >= 4 is 52.6 Å². The van der Waals surface area contributed by atoms with Crippen LogP contribution in [0.25, 0.3) is 0 Å². The predicted molar refractivity (Wildman–Crippen MR) is 218 cm³/mol. The highest BCUT2D eigenvalue weighted by molar-refractivity contribution is 6.31. The number of unbranched alkanes of at least 4 members (excludes halogenated alkanes) is 3. The number of nitrogens with one attached hydrogen (secondary N) is 4. The molecular weight excluding hydrogens is 821 g/mol. The quantitative estimate of drug-likeness (QED) is 0.0549. The zero-order chi connectivity index (χ0) is 43.4. The molecule has 0 radical (unpaired) electrons. The molecule has 0 bridgehead atoms. The Labute approximate surface area is 354 Å². The van der Waals surface area contributed by atoms with E-state index >= 15 is 0 Å². The van der Waals surface area contributed by atoms with Crippen molar-refractivity contribution in [1.29, 1.82) is 0 Å². The topological polar surface area (TPSA) is 177 Å². The fourth-order valence-corrected chi connectivity index (χ4v) is 7.09. The number of carbonyl (C=O) groups excluding carboxylic acids is 5. The van der Waals surface area contributed by atoms with Gasteiger partial charge in [0.2, 0.25) is 11.8 Å². The number of halogens is 4. The molecule has 4 N–H and O–H groups in total. The molecule has 0 aliphatic carbocycles. The van der Waals surface area contributed by atoms with Crippen molar-refractivity contribution in [2.24, 2.45) is 0 Å². The first-order chi connectivity index (χ1) is 29.4. The molecule has 6 rings (SSSR count). The zero-order valence-corrected chi connectivity index (χ0v) is 33.7. The van der Waals surface area contributed by atoms with Gasteiger partial charge in [-0.05, 0) is 91.4 Å². The SMILES string of the molecule is O=C1CCC(N2Cc3c(CCCCCCOCCOCCNC(=O)c4cc(Oc5ccc(NC(=O)Nc6ccc(Cl)c(C(F)(F)F)c6)cc5)ccn4)cccc3C2=O)C(=O)N1. The fourth-order valence-electron chi connectivity index (χ4n) is 6.86. The molecule has 1 saturated heterocycles. The zero-order valence-electron chi connectivity index (χ0n) is 32.9. The number of aromatic nitrogens is 1. The van der Waals surface area contributed by atoms with Gasteiger partial charge in [-0.25, -0.2) is 4.79 Å². The molecule has 14 nitrogen and oxygen atoms in total. The van der Waals surface area contributed by atoms with E-state index < -0.39 is 40.6 Å². The van der Waals surface area contributed by atoms with Gasteiger partial charge < -0.3 is 35.1 Å². The number of hydrogen-bond donors (Lipinski definition) is 4. The number of imide groups is 1. The molecule has 6 amide bonds. The summed E-state index contributed by atoms with van der Waals surface area (Å²) in [4.78, 5) is 67.7. The van der Waals surface area contributed by atoms with Crippen molar-refractivity contribution in [3.8, 4) is 11.5 Å². The number of nitrogens with zero attached hydrogens (tertiary/aromatic N) is 2. The van der Waals surface area contributed by atoms with Crippen LogP contribution in [0.4, 0.5) is 29.3 Å². The average molecular weight is 865 g/mol. The van der Waals surface area contributed by atoms with E-state index in [9.17, 15) is 37.1 Å². The Bertz CT molecular complexity index is 2230. The first kappa shape index (κ1) is 44.5. The molecule has 2 aliphatic heterocycles. The highest BCUT2D eigenvalue weighted by atomic mass is 35.5. The molecule has 61 heavy (non-hydrogen) atoms. The molecule has 0 spiro atoms. The Morgan fingerprint density at radius 1 is 0.852 bits per heavy atom. The van der Waals surface area contributed by atoms with Crippen molar-refractivity contribution in [2.75, 3.05) is 43.6 Å². The van der Waals surface area contributed by atoms with Gasteiger partial charge in [-0.2, -0.15) is 13.2 Å². The summed E-state index contributed by atoms with van der Waals surface area (Å²) in [6, 6.07) is 16.6. The standard InChI is InChI=1S/C43H44ClF3N6O8/c44-35-14-11-29(24-34(35)43(45,46)47)51-42(58)50-28-9-12-30(13-10-28)61-31-17-18-48-36(25-31)39(55)49-19-21-60-23-22-59-20-4-2-1-3-6-27-7-5-8-32-33(27)26-53(41(32)57)37-15-16-38(54)52-40(37)56/h5,7-14,17-18,24-25,37H,1-4,6,15-16,19-23,26H2,(H,49,55)(H2,50,51,58)(H,52,54,56). The Morgan fingerprint density at radius 2 is 1.59 bits per heavy atom. The van der Waals surface area contributed by atoms with E-state index in [0.29, 0.717) is 55.5 Å². The smallest absolute Gasteiger partial charge is 0.417 e. The lowest BCUT2D eigenvalue weighted by molar-refractivity contribution is -0.138. The van der Waals surface area contributed by atoms with Crippen LogP contribution in [0, 0.1) is 0 Å². The minimum absolute atomic E-state index is 0.0874. The van der Waals surface area contributed by atoms with Crippen LogP contribution in [0.3, 0.4) is 0 Å². The van der Waals surface area contributed by atoms with Crippen molar-refractivity contribution in [2.45, 2.75) is 63.7 Å². The first-order valence-corrected chi connectivity index (χ1v) is 20.1. The Kier molecular flexibility index (Phi) is 15.3. The minimum Gasteiger partial charge on any atom is -0.457 e. The van der Waals surface area contributed by atoms with Gasteiger partial charge in [-0.3, -0.25) is 29.5 Å². The third-order valence-corrected chi connectivity index (χ3v) is 10.2. The van der Waals surface area contributed by atoms with E-state index in [1.807, 2.05) is 12.1 Å². The molecule has 1 aromatic heterocycles. The van der Waals surface area contributed by atoms with E-state index in [1.54, 1.807) is 29.2 Å². The summed E-state index contributed by atoms with van der Waals surface area (Å²) in [5.41, 5.74) is 2.04. The minimum atomic E-state index is -4.67. The largest absolute Gasteiger partial charge is 0.457 e. The van der Waals surface area contributed by atoms with Gasteiger partial charge in [0.1, 0.15) is 23.2 Å². The number of benzene rings is 3. The second-order valence-corrected chi connectivity index (χ2v) is 14.7. The van der Waals surface area contributed by atoms with Crippen molar-refractivity contribution in [3.05, 3.63) is 112 Å². The van der Waals surface area contributed by atoms with Crippen LogP contribution in [0.2, 0.25) is 5.02 Å². The lowest BCUT2D eigenvalue weighted by Crippen LogP contribution is -2.52. The van der Waals surface area contributed by atoms with Crippen LogP contribution < -0.4 is 26.0 Å². The van der Waals surface area contributed by atoms with Gasteiger partial charge in [-0.1, -0.05) is 36.6 Å². The van der Waals surface area contributed by atoms with Crippen LogP contribution >= 0.6 is 11.6 Å². The van der Waals surface area contributed by atoms with Gasteiger partial charge in [0.05, 0.1) is 30.4 Å². The molecule has 0 saturated carbocycles. The maximum Gasteiger partial charge on any atom is 0.417 e. The molecule has 3 aromatic carbocycles. The summed E-state index contributed by atoms with van der Waals surface area (Å²) in [5.74, 6) is -0.565. The number of ether oxygens (including phenoxy) is 3. The number of fused-ring (bicyclic) bond motifs is 1. The van der Waals surface area contributed by atoms with Gasteiger partial charge >= 0.3 is 12.2 Å². The highest BCUT2D eigenvalue weighted by Gasteiger charge is 2.39. The fraction of sp³-hybridized carbons (Fsp3) is 0.349. The average Bonchev–Trinajstić information content (AvgIpc) is 3.56. The van der Waals surface area contributed by atoms with Gasteiger partial charge in [0, 0.05) is 55.3 Å². The lowest BCUT2D eigenvalue weighted by atomic mass is 9.98. The second-order valence-electron chi connectivity index (χ2n) is 14.3. The number of urea groups is 1. The van der Waals surface area contributed by atoms with E-state index in [4.69, 9.17) is 25.8 Å². The van der Waals surface area contributed by atoms with E-state index in [1.165, 1.54) is 30.5 Å². The Balaban J connectivity index is 0.802. The third kappa shape index (κ3) is 12.5. The number of aryl methyl sites for hydroxylation is 1. The van der Waals surface area contributed by atoms with E-state index in [-0.39, 0.29) is 42.8 Å². The van der Waals surface area contributed by atoms with Crippen LogP contribution in [0.1, 0.15) is 76.1 Å². The van der Waals surface area contributed by atoms with Crippen LogP contribution in [-0.2, 0) is 38.2 Å². The van der Waals surface area contributed by atoms with Crippen LogP contribution in [0.5, 0.6) is 11.5 Å². The lowest BCUT2D eigenvalue weighted by Gasteiger charge is -2.29. The summed E-state index contributed by atoms with van der Waals surface area (Å²) in [7, 11) is 0. The van der Waals surface area contributed by atoms with Gasteiger partial charge in [0.15, 0.2) is 0 Å². The number of pyridine rings is 1. The summed E-state index contributed by atoms with van der Waals surface area (Å²) >= 11 is 5.63. The van der Waals surface area contributed by atoms with Gasteiger partial charge in [-0.15, -0.1) is 0 Å². The molecule has 4 aromatic rings. The highest BCUT2D eigenvalue weighted by Crippen LogP contribution is 2.36. The summed E-state index contributed by atoms with van der Waals surface area (Å²) in [5, 5.41) is 9.48. The number of anilines is 2. The normalized spacial score (nSPS) is 15.0. The number of piperidine rings is 1. The number of alkyl halides is 3. The van der Waals surface area contributed by atoms with E-state index in [2.05, 4.69) is 26.3 Å². The Morgan fingerprint density at radius 3 is 2.36 bits per heavy atom. The van der Waals surface area contributed by atoms with Crippen LogP contribution in [-0.4, -0.2) is 78.6 Å². The Hall–Kier alpha value is -6.04. The first-order valence-electron chi connectivity index (χ1n) is 19.7. The van der Waals surface area contributed by atoms with Crippen molar-refractivity contribution < 1.29 is 51.4 Å². The molecule has 1 unspecified atom stereocenters. The number of carbonyl (C=O) groups is 5. The summed E-state index contributed by atoms with van der Waals surface area (Å²) in [6.45, 7) is 2.30. The number of rotatable bonds is 19. The second kappa shape index (κ2) is 21.0. The van der Waals surface area contributed by atoms with E-state index in [0.717, 1.165) is 55.4 Å². The monoisotopic (exact) mass is 864 g/mol. The van der Waals surface area contributed by atoms with Gasteiger partial charge in [0.25, 0.3) is 11.8 Å². The predicted octanol–water partition coefficient (Wildman–Crippen LogP) is 7.52. The molecule has 18 heteroatoms. The molecule has 322 valence electrons. The summed E-state index contributed by atoms with van der Waals surface area (Å²) < 4.78 is 56.5. The van der Waals surface area contributed by atoms with Crippen molar-refractivity contribution in [1.82, 2.24) is 20.5 Å². The molecule has 2 aliphatic rings. The molecular formula is C43H44ClF3N6O8. The van der Waals surface area contributed by atoms with Crippen LogP contribution in [0.15, 0.2) is 79.0 Å².